The summed E-state index contributed by atoms with van der Waals surface area (Å²) in [7, 11) is 3.96. The molecule has 0 atom stereocenters. The van der Waals surface area contributed by atoms with Crippen molar-refractivity contribution in [2.75, 3.05) is 25.5 Å². The number of anilines is 1. The monoisotopic (exact) mass is 383 g/mol. The van der Waals surface area contributed by atoms with Crippen LogP contribution in [0.1, 0.15) is 41.3 Å². The fourth-order valence-electron chi connectivity index (χ4n) is 2.92. The average molecular weight is 383 g/mol. The van der Waals surface area contributed by atoms with E-state index in [4.69, 9.17) is 5.21 Å². The molecule has 2 amide bonds. The highest BCUT2D eigenvalue weighted by atomic mass is 16.5. The second-order valence-corrected chi connectivity index (χ2v) is 7.05. The minimum absolute atomic E-state index is 0.0848. The number of hydroxylamine groups is 1. The maximum Gasteiger partial charge on any atom is 0.274 e. The van der Waals surface area contributed by atoms with E-state index in [0.29, 0.717) is 25.1 Å². The van der Waals surface area contributed by atoms with E-state index in [0.717, 1.165) is 29.7 Å². The molecule has 0 bridgehead atoms. The van der Waals surface area contributed by atoms with Crippen LogP contribution in [0.15, 0.2) is 48.5 Å². The van der Waals surface area contributed by atoms with Gasteiger partial charge in [0.15, 0.2) is 0 Å². The Morgan fingerprint density at radius 2 is 1.75 bits per heavy atom. The lowest BCUT2D eigenvalue weighted by molar-refractivity contribution is -0.131. The maximum absolute atomic E-state index is 12.9. The minimum Gasteiger partial charge on any atom is -0.378 e. The molecule has 0 saturated heterocycles. The van der Waals surface area contributed by atoms with Crippen molar-refractivity contribution >= 4 is 17.5 Å². The third-order valence-corrected chi connectivity index (χ3v) is 4.61. The number of hydrogen-bond donors (Lipinski definition) is 2. The van der Waals surface area contributed by atoms with E-state index in [-0.39, 0.29) is 5.91 Å². The second-order valence-electron chi connectivity index (χ2n) is 7.05. The van der Waals surface area contributed by atoms with Crippen LogP contribution in [0.2, 0.25) is 0 Å². The lowest BCUT2D eigenvalue weighted by Crippen LogP contribution is -2.32. The summed E-state index contributed by atoms with van der Waals surface area (Å²) in [6, 6.07) is 14.9. The molecule has 2 aromatic rings. The van der Waals surface area contributed by atoms with E-state index in [1.165, 1.54) is 0 Å². The van der Waals surface area contributed by atoms with Crippen LogP contribution >= 0.6 is 0 Å². The van der Waals surface area contributed by atoms with Crippen LogP contribution in [-0.2, 0) is 17.8 Å². The zero-order valence-electron chi connectivity index (χ0n) is 16.8. The summed E-state index contributed by atoms with van der Waals surface area (Å²) in [5, 5.41) is 8.71. The van der Waals surface area contributed by atoms with Gasteiger partial charge in [0.1, 0.15) is 0 Å². The van der Waals surface area contributed by atoms with E-state index >= 15 is 0 Å². The molecule has 0 aliphatic rings. The average Bonchev–Trinajstić information content (AvgIpc) is 2.71. The van der Waals surface area contributed by atoms with E-state index in [1.807, 2.05) is 60.3 Å². The third-order valence-electron chi connectivity index (χ3n) is 4.61. The molecule has 28 heavy (non-hydrogen) atoms. The Balaban J connectivity index is 2.10. The van der Waals surface area contributed by atoms with E-state index in [1.54, 1.807) is 17.6 Å². The van der Waals surface area contributed by atoms with Gasteiger partial charge in [-0.05, 0) is 41.8 Å². The van der Waals surface area contributed by atoms with E-state index in [9.17, 15) is 9.59 Å². The smallest absolute Gasteiger partial charge is 0.274 e. The summed E-state index contributed by atoms with van der Waals surface area (Å²) in [6.45, 7) is 3.29. The first-order valence-corrected chi connectivity index (χ1v) is 9.52. The standard InChI is InChI=1S/C22H29N3O3/c1-4-5-13-25(16-17-9-11-19(12-10-17)22(27)23-28)21(26)15-18-7-6-8-20(14-18)24(2)3/h6-12,14,28H,4-5,13,15-16H2,1-3H3,(H,23,27). The van der Waals surface area contributed by atoms with Crippen LogP contribution in [0.5, 0.6) is 0 Å². The molecule has 0 heterocycles. The van der Waals surface area contributed by atoms with Crippen LogP contribution in [0.4, 0.5) is 5.69 Å². The number of nitrogens with zero attached hydrogens (tertiary/aromatic N) is 2. The molecule has 0 unspecified atom stereocenters. The molecule has 0 fully saturated rings. The number of benzene rings is 2. The number of amides is 2. The highest BCUT2D eigenvalue weighted by Crippen LogP contribution is 2.16. The van der Waals surface area contributed by atoms with E-state index < -0.39 is 5.91 Å². The van der Waals surface area contributed by atoms with Crippen LogP contribution in [0, 0.1) is 0 Å². The van der Waals surface area contributed by atoms with Crippen molar-refractivity contribution in [2.45, 2.75) is 32.7 Å². The van der Waals surface area contributed by atoms with Gasteiger partial charge in [0, 0.05) is 38.4 Å². The topological polar surface area (TPSA) is 72.9 Å². The molecule has 6 nitrogen and oxygen atoms in total. The normalized spacial score (nSPS) is 10.4. The van der Waals surface area contributed by atoms with E-state index in [2.05, 4.69) is 6.92 Å². The molecule has 0 spiro atoms. The summed E-state index contributed by atoms with van der Waals surface area (Å²) in [4.78, 5) is 28.3. The Morgan fingerprint density at radius 3 is 2.36 bits per heavy atom. The summed E-state index contributed by atoms with van der Waals surface area (Å²) < 4.78 is 0. The van der Waals surface area contributed by atoms with Crippen LogP contribution in [0.3, 0.4) is 0 Å². The minimum atomic E-state index is -0.550. The van der Waals surface area contributed by atoms with Crippen LogP contribution in [0.25, 0.3) is 0 Å². The Bertz CT molecular complexity index is 788. The zero-order chi connectivity index (χ0) is 20.5. The molecular weight excluding hydrogens is 354 g/mol. The molecule has 0 saturated carbocycles. The Morgan fingerprint density at radius 1 is 1.04 bits per heavy atom. The molecule has 6 heteroatoms. The number of carbonyl (C=O) groups is 2. The molecule has 2 rings (SSSR count). The Kier molecular flexibility index (Phi) is 8.02. The zero-order valence-corrected chi connectivity index (χ0v) is 16.8. The van der Waals surface area contributed by atoms with Crippen molar-refractivity contribution in [1.29, 1.82) is 0 Å². The number of rotatable bonds is 9. The van der Waals surface area contributed by atoms with Gasteiger partial charge in [-0.15, -0.1) is 0 Å². The van der Waals surface area contributed by atoms with Crippen molar-refractivity contribution in [3.63, 3.8) is 0 Å². The first kappa shape index (κ1) is 21.4. The fraction of sp³-hybridized carbons (Fsp3) is 0.364. The van der Waals surface area contributed by atoms with Gasteiger partial charge in [0.25, 0.3) is 5.91 Å². The van der Waals surface area contributed by atoms with Gasteiger partial charge in [-0.25, -0.2) is 5.48 Å². The van der Waals surface area contributed by atoms with Crippen LogP contribution < -0.4 is 10.4 Å². The first-order valence-electron chi connectivity index (χ1n) is 9.52. The van der Waals surface area contributed by atoms with Gasteiger partial charge in [0.05, 0.1) is 6.42 Å². The molecule has 2 aromatic carbocycles. The summed E-state index contributed by atoms with van der Waals surface area (Å²) in [5.41, 5.74) is 5.00. The Labute approximate surface area is 166 Å². The van der Waals surface area contributed by atoms with Gasteiger partial charge in [-0.2, -0.15) is 0 Å². The third kappa shape index (κ3) is 6.09. The lowest BCUT2D eigenvalue weighted by atomic mass is 10.1. The van der Waals surface area contributed by atoms with Gasteiger partial charge in [0.2, 0.25) is 5.91 Å². The summed E-state index contributed by atoms with van der Waals surface area (Å²) >= 11 is 0. The van der Waals surface area contributed by atoms with Crippen molar-refractivity contribution in [2.24, 2.45) is 0 Å². The molecule has 150 valence electrons. The van der Waals surface area contributed by atoms with Crippen molar-refractivity contribution in [1.82, 2.24) is 10.4 Å². The summed E-state index contributed by atoms with van der Waals surface area (Å²) in [5.74, 6) is -0.465. The quantitative estimate of drug-likeness (QED) is 0.515. The lowest BCUT2D eigenvalue weighted by Gasteiger charge is -2.23. The number of nitrogens with one attached hydrogen (secondary N) is 1. The predicted molar refractivity (Wildman–Crippen MR) is 110 cm³/mol. The van der Waals surface area contributed by atoms with Gasteiger partial charge in [-0.3, -0.25) is 14.8 Å². The summed E-state index contributed by atoms with van der Waals surface area (Å²) in [6.07, 6.45) is 2.31. The largest absolute Gasteiger partial charge is 0.378 e. The fourth-order valence-corrected chi connectivity index (χ4v) is 2.92. The molecule has 0 aromatic heterocycles. The van der Waals surface area contributed by atoms with Gasteiger partial charge in [-0.1, -0.05) is 37.6 Å². The molecule has 0 aliphatic heterocycles. The molecular formula is C22H29N3O3. The molecule has 0 aliphatic carbocycles. The van der Waals surface area contributed by atoms with Crippen molar-refractivity contribution in [3.8, 4) is 0 Å². The van der Waals surface area contributed by atoms with Gasteiger partial charge >= 0.3 is 0 Å². The second kappa shape index (κ2) is 10.5. The first-order chi connectivity index (χ1) is 13.4. The number of carbonyl (C=O) groups excluding carboxylic acids is 2. The SMILES string of the molecule is CCCCN(Cc1ccc(C(=O)NO)cc1)C(=O)Cc1cccc(N(C)C)c1. The highest BCUT2D eigenvalue weighted by molar-refractivity contribution is 5.93. The maximum atomic E-state index is 12.9. The highest BCUT2D eigenvalue weighted by Gasteiger charge is 2.15. The number of unbranched alkanes of at least 4 members (excludes halogenated alkanes) is 1. The Hall–Kier alpha value is -2.86. The predicted octanol–water partition coefficient (Wildman–Crippen LogP) is 3.24. The van der Waals surface area contributed by atoms with Crippen molar-refractivity contribution < 1.29 is 14.8 Å². The number of hydrogen-bond acceptors (Lipinski definition) is 4. The van der Waals surface area contributed by atoms with Gasteiger partial charge < -0.3 is 9.80 Å². The molecule has 2 N–H and O–H groups in total. The van der Waals surface area contributed by atoms with Crippen molar-refractivity contribution in [3.05, 3.63) is 65.2 Å². The molecule has 0 radical (unpaired) electrons. The van der Waals surface area contributed by atoms with Crippen LogP contribution in [-0.4, -0.2) is 42.6 Å².